The van der Waals surface area contributed by atoms with E-state index >= 15 is 0 Å². The number of carbonyl (C=O) groups excluding carboxylic acids is 2. The Balaban J connectivity index is 0.00000190. The molecular weight excluding hydrogens is 539 g/mol. The molecule has 0 bridgehead atoms. The minimum atomic E-state index is -0.667. The van der Waals surface area contributed by atoms with Crippen molar-refractivity contribution in [2.75, 3.05) is 23.5 Å². The van der Waals surface area contributed by atoms with Crippen LogP contribution in [0.1, 0.15) is 25.0 Å². The van der Waals surface area contributed by atoms with E-state index in [0.717, 1.165) is 10.6 Å². The summed E-state index contributed by atoms with van der Waals surface area (Å²) < 4.78 is 5.20. The molecule has 10 nitrogen and oxygen atoms in total. The number of methoxy groups -OCH3 is 1. The molecule has 0 aromatic carbocycles. The average molecular weight is 567 g/mol. The molecule has 5 rings (SSSR count). The van der Waals surface area contributed by atoms with E-state index in [9.17, 15) is 14.7 Å². The number of pyridine rings is 3. The Morgan fingerprint density at radius 3 is 2.81 bits per heavy atom. The number of aliphatic hydroxyl groups excluding tert-OH is 1. The van der Waals surface area contributed by atoms with Crippen LogP contribution in [0.5, 0.6) is 5.88 Å². The van der Waals surface area contributed by atoms with Gasteiger partial charge in [0, 0.05) is 30.8 Å². The van der Waals surface area contributed by atoms with E-state index in [0.29, 0.717) is 60.0 Å². The van der Waals surface area contributed by atoms with Gasteiger partial charge in [-0.2, -0.15) is 0 Å². The summed E-state index contributed by atoms with van der Waals surface area (Å²) in [6.07, 6.45) is 2.61. The standard InChI is InChI=1S/C24H26N6O4S.2ClH/c1-34-21-7-5-16-22(30-21)17(8-9-25-16)28-24(33)13-2-4-15(18(31)10-13)26-11-14-3-6-19-23(27-14)29-20(32)12-35-19;;/h3,5-9,13,15,18,26,31H,2,4,10-12H2,1H3,(H,25,28,33)(H,27,29,32);2*1H/t13-,15-,18-;;/m1../s1. The Labute approximate surface area is 230 Å². The van der Waals surface area contributed by atoms with Crippen LogP contribution in [-0.2, 0) is 16.1 Å². The fourth-order valence-electron chi connectivity index (χ4n) is 4.42. The Kier molecular flexibility index (Phi) is 9.91. The smallest absolute Gasteiger partial charge is 0.235 e. The summed E-state index contributed by atoms with van der Waals surface area (Å²) in [7, 11) is 1.54. The summed E-state index contributed by atoms with van der Waals surface area (Å²) in [6.45, 7) is 0.461. The zero-order valence-corrected chi connectivity index (χ0v) is 22.4. The van der Waals surface area contributed by atoms with Gasteiger partial charge in [-0.25, -0.2) is 9.97 Å². The second kappa shape index (κ2) is 12.7. The summed E-state index contributed by atoms with van der Waals surface area (Å²) in [4.78, 5) is 38.8. The van der Waals surface area contributed by atoms with Crippen LogP contribution in [0, 0.1) is 5.92 Å². The van der Waals surface area contributed by atoms with Crippen molar-refractivity contribution in [1.82, 2.24) is 20.3 Å². The largest absolute Gasteiger partial charge is 0.481 e. The number of anilines is 2. The van der Waals surface area contributed by atoms with Gasteiger partial charge in [-0.15, -0.1) is 36.6 Å². The van der Waals surface area contributed by atoms with E-state index in [1.54, 1.807) is 24.4 Å². The molecule has 3 aromatic heterocycles. The van der Waals surface area contributed by atoms with Gasteiger partial charge in [-0.05, 0) is 43.5 Å². The molecule has 1 aliphatic heterocycles. The van der Waals surface area contributed by atoms with Crippen molar-refractivity contribution in [3.63, 3.8) is 0 Å². The van der Waals surface area contributed by atoms with Gasteiger partial charge in [0.05, 0.1) is 40.8 Å². The maximum atomic E-state index is 13.0. The number of thioether (sulfide) groups is 1. The fourth-order valence-corrected chi connectivity index (χ4v) is 5.17. The van der Waals surface area contributed by atoms with Crippen molar-refractivity contribution >= 4 is 70.9 Å². The highest BCUT2D eigenvalue weighted by Crippen LogP contribution is 2.31. The second-order valence-electron chi connectivity index (χ2n) is 8.62. The molecule has 1 fully saturated rings. The highest BCUT2D eigenvalue weighted by molar-refractivity contribution is 8.00. The van der Waals surface area contributed by atoms with Gasteiger partial charge in [-0.1, -0.05) is 0 Å². The lowest BCUT2D eigenvalue weighted by Crippen LogP contribution is -2.46. The Hall–Kier alpha value is -2.70. The van der Waals surface area contributed by atoms with Gasteiger partial charge in [0.25, 0.3) is 0 Å². The minimum Gasteiger partial charge on any atom is -0.481 e. The normalized spacial score (nSPS) is 20.6. The highest BCUT2D eigenvalue weighted by Gasteiger charge is 2.33. The first-order valence-electron chi connectivity index (χ1n) is 11.4. The van der Waals surface area contributed by atoms with Gasteiger partial charge in [0.1, 0.15) is 11.3 Å². The molecule has 2 aliphatic rings. The van der Waals surface area contributed by atoms with Crippen molar-refractivity contribution in [3.8, 4) is 5.88 Å². The molecule has 3 atom stereocenters. The van der Waals surface area contributed by atoms with Crippen LogP contribution in [0.25, 0.3) is 11.0 Å². The number of hydrogen-bond acceptors (Lipinski definition) is 9. The van der Waals surface area contributed by atoms with Gasteiger partial charge >= 0.3 is 0 Å². The van der Waals surface area contributed by atoms with Crippen LogP contribution in [0.4, 0.5) is 11.5 Å². The lowest BCUT2D eigenvalue weighted by atomic mass is 9.83. The molecule has 0 spiro atoms. The molecular formula is C24H28Cl2N6O4S. The highest BCUT2D eigenvalue weighted by atomic mass is 35.5. The summed E-state index contributed by atoms with van der Waals surface area (Å²) in [6, 6.07) is 8.96. The average Bonchev–Trinajstić information content (AvgIpc) is 2.87. The van der Waals surface area contributed by atoms with Crippen molar-refractivity contribution in [1.29, 1.82) is 0 Å². The number of amides is 2. The van der Waals surface area contributed by atoms with Gasteiger partial charge in [-0.3, -0.25) is 14.6 Å². The number of aromatic nitrogens is 3. The van der Waals surface area contributed by atoms with Crippen molar-refractivity contribution in [3.05, 3.63) is 42.2 Å². The lowest BCUT2D eigenvalue weighted by molar-refractivity contribution is -0.122. The molecule has 37 heavy (non-hydrogen) atoms. The van der Waals surface area contributed by atoms with Crippen LogP contribution < -0.4 is 20.7 Å². The number of fused-ring (bicyclic) bond motifs is 2. The number of nitrogens with zero attached hydrogens (tertiary/aromatic N) is 3. The second-order valence-corrected chi connectivity index (χ2v) is 9.64. The van der Waals surface area contributed by atoms with Crippen molar-refractivity contribution in [2.24, 2.45) is 5.92 Å². The van der Waals surface area contributed by atoms with Crippen molar-refractivity contribution in [2.45, 2.75) is 42.8 Å². The van der Waals surface area contributed by atoms with Gasteiger partial charge in [0.2, 0.25) is 17.7 Å². The van der Waals surface area contributed by atoms with Gasteiger partial charge in [0.15, 0.2) is 0 Å². The van der Waals surface area contributed by atoms with Gasteiger partial charge < -0.3 is 25.8 Å². The monoisotopic (exact) mass is 566 g/mol. The van der Waals surface area contributed by atoms with E-state index in [1.807, 2.05) is 12.1 Å². The zero-order valence-electron chi connectivity index (χ0n) is 20.0. The topological polar surface area (TPSA) is 138 Å². The molecule has 0 saturated heterocycles. The molecule has 2 amide bonds. The van der Waals surface area contributed by atoms with Crippen LogP contribution in [0.15, 0.2) is 41.4 Å². The maximum absolute atomic E-state index is 13.0. The first-order chi connectivity index (χ1) is 17.0. The molecule has 4 N–H and O–H groups in total. The fraction of sp³-hybridized carbons (Fsp3) is 0.375. The summed E-state index contributed by atoms with van der Waals surface area (Å²) >= 11 is 1.47. The molecule has 0 radical (unpaired) electrons. The molecule has 1 aliphatic carbocycles. The Bertz CT molecular complexity index is 1280. The number of rotatable bonds is 6. The predicted molar refractivity (Wildman–Crippen MR) is 147 cm³/mol. The number of hydrogen-bond donors (Lipinski definition) is 4. The van der Waals surface area contributed by atoms with Crippen molar-refractivity contribution < 1.29 is 19.4 Å². The van der Waals surface area contributed by atoms with E-state index in [-0.39, 0.29) is 48.6 Å². The van der Waals surface area contributed by atoms with E-state index in [4.69, 9.17) is 4.74 Å². The molecule has 3 aromatic rings. The molecule has 198 valence electrons. The Morgan fingerprint density at radius 2 is 2.03 bits per heavy atom. The molecule has 1 saturated carbocycles. The summed E-state index contributed by atoms with van der Waals surface area (Å²) in [5.41, 5.74) is 2.57. The third kappa shape index (κ3) is 6.60. The Morgan fingerprint density at radius 1 is 1.19 bits per heavy atom. The van der Waals surface area contributed by atoms with Crippen LogP contribution in [0.2, 0.25) is 0 Å². The third-order valence-electron chi connectivity index (χ3n) is 6.29. The number of aliphatic hydroxyl groups is 1. The minimum absolute atomic E-state index is 0. The number of halogens is 2. The SMILES string of the molecule is COc1ccc2nccc(NC(=O)[C@@H]3CC[C@@H](NCc4ccc5c(n4)NC(=O)CS5)[C@H](O)C3)c2n1.Cl.Cl. The number of nitrogens with one attached hydrogen (secondary N) is 3. The maximum Gasteiger partial charge on any atom is 0.235 e. The quantitative estimate of drug-likeness (QED) is 0.354. The molecule has 13 heteroatoms. The van der Waals surface area contributed by atoms with Crippen LogP contribution in [-0.4, -0.2) is 56.9 Å². The lowest BCUT2D eigenvalue weighted by Gasteiger charge is -2.33. The van der Waals surface area contributed by atoms with Crippen LogP contribution >= 0.6 is 36.6 Å². The number of ether oxygens (including phenoxy) is 1. The summed E-state index contributed by atoms with van der Waals surface area (Å²) in [5, 5.41) is 19.8. The number of carbonyl (C=O) groups is 2. The van der Waals surface area contributed by atoms with E-state index in [1.165, 1.54) is 18.9 Å². The summed E-state index contributed by atoms with van der Waals surface area (Å²) in [5.74, 6) is 0.911. The van der Waals surface area contributed by atoms with Crippen LogP contribution in [0.3, 0.4) is 0 Å². The molecule has 4 heterocycles. The predicted octanol–water partition coefficient (Wildman–Crippen LogP) is 3.18. The first-order valence-corrected chi connectivity index (χ1v) is 12.4. The zero-order chi connectivity index (χ0) is 24.4. The molecule has 0 unspecified atom stereocenters. The van der Waals surface area contributed by atoms with E-state index < -0.39 is 6.10 Å². The van der Waals surface area contributed by atoms with E-state index in [2.05, 4.69) is 30.9 Å². The third-order valence-corrected chi connectivity index (χ3v) is 7.34. The first kappa shape index (κ1) is 28.9.